The minimum absolute atomic E-state index is 0.0931. The molecule has 1 aromatic rings. The normalized spacial score (nSPS) is 11.3. The van der Waals surface area contributed by atoms with E-state index in [-0.39, 0.29) is 12.3 Å². The number of methoxy groups -OCH3 is 2. The second kappa shape index (κ2) is 6.64. The maximum Gasteiger partial charge on any atom is 0.223 e. The number of hydrogen-bond donors (Lipinski definition) is 0. The molecule has 5 heteroatoms. The summed E-state index contributed by atoms with van der Waals surface area (Å²) in [4.78, 5) is 13.2. The zero-order chi connectivity index (χ0) is 14.4. The van der Waals surface area contributed by atoms with Gasteiger partial charge in [0.25, 0.3) is 0 Å². The molecule has 1 rings (SSSR count). The van der Waals surface area contributed by atoms with Crippen LogP contribution in [-0.2, 0) is 4.79 Å². The fourth-order valence-corrected chi connectivity index (χ4v) is 1.69. The molecule has 1 unspecified atom stereocenters. The topological polar surface area (TPSA) is 62.6 Å². The molecule has 0 aliphatic rings. The highest BCUT2D eigenvalue weighted by molar-refractivity contribution is 5.77. The average molecular weight is 262 g/mol. The standard InChI is InChI=1S/C14H18N2O3/c1-16(2)14(17)7-10(9-15)12-6-5-11(18-3)8-13(12)19-4/h5-6,8,10H,7H2,1-4H3. The lowest BCUT2D eigenvalue weighted by Gasteiger charge is -2.16. The van der Waals surface area contributed by atoms with Gasteiger partial charge in [-0.3, -0.25) is 4.79 Å². The third kappa shape index (κ3) is 3.62. The van der Waals surface area contributed by atoms with Crippen LogP contribution in [0.3, 0.4) is 0 Å². The Bertz CT molecular complexity index is 492. The summed E-state index contributed by atoms with van der Waals surface area (Å²) >= 11 is 0. The van der Waals surface area contributed by atoms with Crippen molar-refractivity contribution in [3.8, 4) is 17.6 Å². The first kappa shape index (κ1) is 14.8. The highest BCUT2D eigenvalue weighted by Crippen LogP contribution is 2.32. The van der Waals surface area contributed by atoms with Gasteiger partial charge in [-0.15, -0.1) is 0 Å². The van der Waals surface area contributed by atoms with Crippen molar-refractivity contribution in [1.82, 2.24) is 4.90 Å². The van der Waals surface area contributed by atoms with Gasteiger partial charge in [-0.25, -0.2) is 0 Å². The SMILES string of the molecule is COc1ccc(C(C#N)CC(=O)N(C)C)c(OC)c1. The van der Waals surface area contributed by atoms with Crippen LogP contribution in [0.1, 0.15) is 17.9 Å². The minimum atomic E-state index is -0.532. The van der Waals surface area contributed by atoms with E-state index in [9.17, 15) is 10.1 Å². The van der Waals surface area contributed by atoms with Gasteiger partial charge in [-0.05, 0) is 6.07 Å². The van der Waals surface area contributed by atoms with Crippen molar-refractivity contribution in [2.24, 2.45) is 0 Å². The average Bonchev–Trinajstić information content (AvgIpc) is 2.43. The van der Waals surface area contributed by atoms with E-state index in [2.05, 4.69) is 6.07 Å². The summed E-state index contributed by atoms with van der Waals surface area (Å²) in [5, 5.41) is 9.25. The zero-order valence-corrected chi connectivity index (χ0v) is 11.6. The van der Waals surface area contributed by atoms with Gasteiger partial charge in [0.2, 0.25) is 5.91 Å². The number of carbonyl (C=O) groups is 1. The van der Waals surface area contributed by atoms with E-state index in [1.807, 2.05) is 0 Å². The summed E-state index contributed by atoms with van der Waals surface area (Å²) in [6.45, 7) is 0. The highest BCUT2D eigenvalue weighted by Gasteiger charge is 2.20. The Labute approximate surface area is 113 Å². The molecule has 0 bridgehead atoms. The molecule has 0 aliphatic carbocycles. The molecule has 5 nitrogen and oxygen atoms in total. The van der Waals surface area contributed by atoms with Crippen molar-refractivity contribution in [3.05, 3.63) is 23.8 Å². The Hall–Kier alpha value is -2.22. The molecule has 1 atom stereocenters. The Kier molecular flexibility index (Phi) is 5.19. The number of rotatable bonds is 5. The van der Waals surface area contributed by atoms with E-state index in [4.69, 9.17) is 9.47 Å². The van der Waals surface area contributed by atoms with Gasteiger partial charge >= 0.3 is 0 Å². The van der Waals surface area contributed by atoms with Crippen molar-refractivity contribution in [2.45, 2.75) is 12.3 Å². The molecule has 0 aromatic heterocycles. The maximum atomic E-state index is 11.7. The molecule has 0 radical (unpaired) electrons. The molecule has 0 heterocycles. The van der Waals surface area contributed by atoms with Gasteiger partial charge in [0, 0.05) is 32.1 Å². The predicted molar refractivity (Wildman–Crippen MR) is 71.2 cm³/mol. The first-order chi connectivity index (χ1) is 9.03. The van der Waals surface area contributed by atoms with Crippen molar-refractivity contribution >= 4 is 5.91 Å². The molecule has 0 saturated carbocycles. The Morgan fingerprint density at radius 1 is 1.37 bits per heavy atom. The van der Waals surface area contributed by atoms with Gasteiger partial charge in [-0.2, -0.15) is 5.26 Å². The Balaban J connectivity index is 3.05. The fraction of sp³-hybridized carbons (Fsp3) is 0.429. The number of nitriles is 1. The molecule has 102 valence electrons. The van der Waals surface area contributed by atoms with Crippen LogP contribution in [0.25, 0.3) is 0 Å². The summed E-state index contributed by atoms with van der Waals surface area (Å²) in [7, 11) is 6.43. The number of nitrogens with zero attached hydrogens (tertiary/aromatic N) is 2. The summed E-state index contributed by atoms with van der Waals surface area (Å²) in [5.74, 6) is 0.578. The first-order valence-electron chi connectivity index (χ1n) is 5.85. The molecule has 0 saturated heterocycles. The van der Waals surface area contributed by atoms with E-state index < -0.39 is 5.92 Å². The second-order valence-electron chi connectivity index (χ2n) is 4.28. The van der Waals surface area contributed by atoms with E-state index in [0.717, 1.165) is 0 Å². The molecule has 19 heavy (non-hydrogen) atoms. The molecular weight excluding hydrogens is 244 g/mol. The predicted octanol–water partition coefficient (Wildman–Crippen LogP) is 1.79. The van der Waals surface area contributed by atoms with Crippen molar-refractivity contribution in [3.63, 3.8) is 0 Å². The summed E-state index contributed by atoms with van der Waals surface area (Å²) < 4.78 is 10.4. The van der Waals surface area contributed by atoms with Crippen LogP contribution in [0.5, 0.6) is 11.5 Å². The summed E-state index contributed by atoms with van der Waals surface area (Å²) in [6, 6.07) is 7.37. The number of benzene rings is 1. The lowest BCUT2D eigenvalue weighted by atomic mass is 9.95. The number of ether oxygens (including phenoxy) is 2. The van der Waals surface area contributed by atoms with E-state index in [0.29, 0.717) is 17.1 Å². The number of amides is 1. The van der Waals surface area contributed by atoms with Crippen LogP contribution in [0.15, 0.2) is 18.2 Å². The molecule has 1 aromatic carbocycles. The van der Waals surface area contributed by atoms with E-state index >= 15 is 0 Å². The molecule has 0 aliphatic heterocycles. The lowest BCUT2D eigenvalue weighted by molar-refractivity contribution is -0.128. The van der Waals surface area contributed by atoms with Crippen LogP contribution < -0.4 is 9.47 Å². The van der Waals surface area contributed by atoms with E-state index in [1.54, 1.807) is 39.4 Å². The lowest BCUT2D eigenvalue weighted by Crippen LogP contribution is -2.23. The largest absolute Gasteiger partial charge is 0.497 e. The molecular formula is C14H18N2O3. The van der Waals surface area contributed by atoms with Crippen molar-refractivity contribution < 1.29 is 14.3 Å². The molecule has 1 amide bonds. The first-order valence-corrected chi connectivity index (χ1v) is 5.85. The van der Waals surface area contributed by atoms with Crippen LogP contribution in [0.4, 0.5) is 0 Å². The summed E-state index contributed by atoms with van der Waals surface area (Å²) in [6.07, 6.45) is 0.131. The second-order valence-corrected chi connectivity index (χ2v) is 4.28. The van der Waals surface area contributed by atoms with Gasteiger partial charge in [0.15, 0.2) is 0 Å². The quantitative estimate of drug-likeness (QED) is 0.811. The van der Waals surface area contributed by atoms with E-state index in [1.165, 1.54) is 12.0 Å². The van der Waals surface area contributed by atoms with Crippen LogP contribution in [-0.4, -0.2) is 39.1 Å². The highest BCUT2D eigenvalue weighted by atomic mass is 16.5. The Morgan fingerprint density at radius 3 is 2.53 bits per heavy atom. The van der Waals surface area contributed by atoms with Crippen molar-refractivity contribution in [2.75, 3.05) is 28.3 Å². The summed E-state index contributed by atoms with van der Waals surface area (Å²) in [5.41, 5.74) is 0.695. The van der Waals surface area contributed by atoms with Crippen molar-refractivity contribution in [1.29, 1.82) is 5.26 Å². The van der Waals surface area contributed by atoms with Crippen LogP contribution in [0, 0.1) is 11.3 Å². The van der Waals surface area contributed by atoms with Gasteiger partial charge in [-0.1, -0.05) is 6.07 Å². The molecule has 0 spiro atoms. The Morgan fingerprint density at radius 2 is 2.05 bits per heavy atom. The number of carbonyl (C=O) groups excluding carboxylic acids is 1. The molecule has 0 fully saturated rings. The van der Waals surface area contributed by atoms with Crippen LogP contribution >= 0.6 is 0 Å². The minimum Gasteiger partial charge on any atom is -0.497 e. The molecule has 0 N–H and O–H groups in total. The van der Waals surface area contributed by atoms with Gasteiger partial charge in [0.05, 0.1) is 26.2 Å². The number of hydrogen-bond acceptors (Lipinski definition) is 4. The third-order valence-electron chi connectivity index (χ3n) is 2.85. The zero-order valence-electron chi connectivity index (χ0n) is 11.6. The smallest absolute Gasteiger partial charge is 0.223 e. The van der Waals surface area contributed by atoms with Crippen LogP contribution in [0.2, 0.25) is 0 Å². The monoisotopic (exact) mass is 262 g/mol. The van der Waals surface area contributed by atoms with Gasteiger partial charge < -0.3 is 14.4 Å². The third-order valence-corrected chi connectivity index (χ3v) is 2.85. The fourth-order valence-electron chi connectivity index (χ4n) is 1.69. The van der Waals surface area contributed by atoms with Gasteiger partial charge in [0.1, 0.15) is 11.5 Å². The maximum absolute atomic E-state index is 11.7.